The maximum Gasteiger partial charge on any atom is 0.332 e. The lowest BCUT2D eigenvalue weighted by molar-refractivity contribution is -0.384. The summed E-state index contributed by atoms with van der Waals surface area (Å²) in [7, 11) is 1.23. The van der Waals surface area contributed by atoms with Crippen LogP contribution in [-0.4, -0.2) is 30.0 Å². The molecule has 7 nitrogen and oxygen atoms in total. The molecule has 0 saturated carbocycles. The molecule has 1 atom stereocenters. The normalized spacial score (nSPS) is 11.7. The van der Waals surface area contributed by atoms with Gasteiger partial charge < -0.3 is 10.1 Å². The van der Waals surface area contributed by atoms with Gasteiger partial charge in [-0.15, -0.1) is 0 Å². The predicted molar refractivity (Wildman–Crippen MR) is 91.8 cm³/mol. The van der Waals surface area contributed by atoms with Gasteiger partial charge in [0, 0.05) is 17.7 Å². The smallest absolute Gasteiger partial charge is 0.332 e. The molecule has 0 bridgehead atoms. The first kappa shape index (κ1) is 17.9. The van der Waals surface area contributed by atoms with E-state index in [2.05, 4.69) is 5.32 Å². The quantitative estimate of drug-likeness (QED) is 0.495. The number of methoxy groups -OCH3 is 1. The summed E-state index contributed by atoms with van der Waals surface area (Å²) < 4.78 is 4.69. The van der Waals surface area contributed by atoms with E-state index in [1.807, 2.05) is 30.3 Å². The van der Waals surface area contributed by atoms with Crippen molar-refractivity contribution in [2.45, 2.75) is 6.04 Å². The van der Waals surface area contributed by atoms with Crippen LogP contribution in [0.25, 0.3) is 6.08 Å². The fourth-order valence-electron chi connectivity index (χ4n) is 2.04. The van der Waals surface area contributed by atoms with Crippen molar-refractivity contribution in [1.82, 2.24) is 5.32 Å². The van der Waals surface area contributed by atoms with Gasteiger partial charge in [-0.3, -0.25) is 14.9 Å². The van der Waals surface area contributed by atoms with Crippen LogP contribution < -0.4 is 5.32 Å². The summed E-state index contributed by atoms with van der Waals surface area (Å²) in [4.78, 5) is 34.2. The number of nitrogens with one attached hydrogen (secondary N) is 1. The van der Waals surface area contributed by atoms with E-state index < -0.39 is 22.8 Å². The number of hydrogen-bond acceptors (Lipinski definition) is 5. The molecule has 128 valence electrons. The van der Waals surface area contributed by atoms with Crippen molar-refractivity contribution in [3.05, 3.63) is 81.9 Å². The Balaban J connectivity index is 2.13. The molecule has 1 amide bonds. The Morgan fingerprint density at radius 1 is 1.12 bits per heavy atom. The summed E-state index contributed by atoms with van der Waals surface area (Å²) in [6.45, 7) is 0. The topological polar surface area (TPSA) is 98.5 Å². The lowest BCUT2D eigenvalue weighted by atomic mass is 10.1. The van der Waals surface area contributed by atoms with Crippen LogP contribution in [0.2, 0.25) is 0 Å². The number of non-ortho nitro benzene ring substituents is 1. The van der Waals surface area contributed by atoms with Gasteiger partial charge in [0.15, 0.2) is 0 Å². The number of carbonyl (C=O) groups excluding carboxylic acids is 2. The molecule has 0 unspecified atom stereocenters. The van der Waals surface area contributed by atoms with Crippen molar-refractivity contribution in [3.8, 4) is 0 Å². The fourth-order valence-corrected chi connectivity index (χ4v) is 2.04. The molecule has 1 N–H and O–H groups in total. The van der Waals surface area contributed by atoms with Gasteiger partial charge in [-0.1, -0.05) is 42.5 Å². The largest absolute Gasteiger partial charge is 0.467 e. The van der Waals surface area contributed by atoms with E-state index in [-0.39, 0.29) is 11.3 Å². The minimum absolute atomic E-state index is 0.120. The average Bonchev–Trinajstić information content (AvgIpc) is 2.65. The predicted octanol–water partition coefficient (Wildman–Crippen LogP) is 2.58. The molecule has 2 aromatic carbocycles. The minimum Gasteiger partial charge on any atom is -0.467 e. The third kappa shape index (κ3) is 5.00. The standard InChI is InChI=1S/C18H16N2O5/c1-25-18(22)16(12-7-13-5-3-2-4-6-13)19-17(21)14-8-10-15(11-9-14)20(23)24/h2-12,16H,1H3,(H,19,21)/b12-7+/t16-/m1/s1. The molecule has 0 aliphatic carbocycles. The first-order chi connectivity index (χ1) is 12.0. The maximum absolute atomic E-state index is 12.2. The number of nitro benzene ring substituents is 1. The van der Waals surface area contributed by atoms with Crippen molar-refractivity contribution < 1.29 is 19.2 Å². The molecule has 0 aliphatic rings. The molecule has 2 aromatic rings. The molecule has 0 spiro atoms. The van der Waals surface area contributed by atoms with Crippen LogP contribution in [0.15, 0.2) is 60.7 Å². The van der Waals surface area contributed by atoms with Gasteiger partial charge in [-0.25, -0.2) is 4.79 Å². The van der Waals surface area contributed by atoms with E-state index in [9.17, 15) is 19.7 Å². The highest BCUT2D eigenvalue weighted by Crippen LogP contribution is 2.12. The Kier molecular flexibility index (Phi) is 6.00. The molecule has 0 heterocycles. The Morgan fingerprint density at radius 2 is 1.76 bits per heavy atom. The molecule has 0 aromatic heterocycles. The number of carbonyl (C=O) groups is 2. The zero-order chi connectivity index (χ0) is 18.2. The number of amides is 1. The Bertz CT molecular complexity index is 785. The molecule has 25 heavy (non-hydrogen) atoms. The van der Waals surface area contributed by atoms with Crippen molar-refractivity contribution in [2.75, 3.05) is 7.11 Å². The van der Waals surface area contributed by atoms with Gasteiger partial charge in [0.25, 0.3) is 11.6 Å². The number of nitrogens with zero attached hydrogens (tertiary/aromatic N) is 1. The van der Waals surface area contributed by atoms with Gasteiger partial charge in [0.2, 0.25) is 0 Å². The van der Waals surface area contributed by atoms with E-state index in [4.69, 9.17) is 4.74 Å². The Labute approximate surface area is 144 Å². The van der Waals surface area contributed by atoms with Crippen LogP contribution in [-0.2, 0) is 9.53 Å². The molecular formula is C18H16N2O5. The average molecular weight is 340 g/mol. The van der Waals surface area contributed by atoms with Crippen molar-refractivity contribution >= 4 is 23.6 Å². The van der Waals surface area contributed by atoms with Crippen LogP contribution >= 0.6 is 0 Å². The van der Waals surface area contributed by atoms with Gasteiger partial charge in [-0.05, 0) is 17.7 Å². The summed E-state index contributed by atoms with van der Waals surface area (Å²) in [5, 5.41) is 13.2. The van der Waals surface area contributed by atoms with E-state index >= 15 is 0 Å². The van der Waals surface area contributed by atoms with Crippen LogP contribution in [0.3, 0.4) is 0 Å². The number of hydrogen-bond donors (Lipinski definition) is 1. The third-order valence-electron chi connectivity index (χ3n) is 3.36. The van der Waals surface area contributed by atoms with Crippen LogP contribution in [0.4, 0.5) is 5.69 Å². The minimum atomic E-state index is -0.979. The summed E-state index contributed by atoms with van der Waals surface area (Å²) in [5.74, 6) is -1.16. The first-order valence-corrected chi connectivity index (χ1v) is 7.37. The number of rotatable bonds is 6. The molecule has 0 fully saturated rings. The van der Waals surface area contributed by atoms with E-state index in [0.29, 0.717) is 0 Å². The molecule has 0 saturated heterocycles. The zero-order valence-electron chi connectivity index (χ0n) is 13.4. The third-order valence-corrected chi connectivity index (χ3v) is 3.36. The molecule has 0 aliphatic heterocycles. The van der Waals surface area contributed by atoms with Crippen LogP contribution in [0.1, 0.15) is 15.9 Å². The monoisotopic (exact) mass is 340 g/mol. The van der Waals surface area contributed by atoms with Gasteiger partial charge in [0.1, 0.15) is 6.04 Å². The number of ether oxygens (including phenoxy) is 1. The van der Waals surface area contributed by atoms with E-state index in [1.165, 1.54) is 37.5 Å². The molecular weight excluding hydrogens is 324 g/mol. The molecule has 2 rings (SSSR count). The van der Waals surface area contributed by atoms with Crippen LogP contribution in [0.5, 0.6) is 0 Å². The number of esters is 1. The summed E-state index contributed by atoms with van der Waals surface area (Å²) in [5.41, 5.74) is 0.943. The van der Waals surface area contributed by atoms with E-state index in [1.54, 1.807) is 6.08 Å². The summed E-state index contributed by atoms with van der Waals surface area (Å²) in [6.07, 6.45) is 3.21. The lowest BCUT2D eigenvalue weighted by Gasteiger charge is -2.13. The highest BCUT2D eigenvalue weighted by atomic mass is 16.6. The first-order valence-electron chi connectivity index (χ1n) is 7.37. The van der Waals surface area contributed by atoms with Gasteiger partial charge in [-0.2, -0.15) is 0 Å². The second-order valence-corrected chi connectivity index (χ2v) is 5.05. The van der Waals surface area contributed by atoms with Crippen molar-refractivity contribution in [3.63, 3.8) is 0 Å². The molecule has 0 radical (unpaired) electrons. The summed E-state index contributed by atoms with van der Waals surface area (Å²) >= 11 is 0. The number of nitro groups is 1. The highest BCUT2D eigenvalue weighted by Gasteiger charge is 2.19. The van der Waals surface area contributed by atoms with Crippen LogP contribution in [0, 0.1) is 10.1 Å². The SMILES string of the molecule is COC(=O)[C@@H](/C=C/c1ccccc1)NC(=O)c1ccc([N+](=O)[O-])cc1. The fraction of sp³-hybridized carbons (Fsp3) is 0.111. The Hall–Kier alpha value is -3.48. The lowest BCUT2D eigenvalue weighted by Crippen LogP contribution is -2.40. The second kappa shape index (κ2) is 8.39. The van der Waals surface area contributed by atoms with Crippen molar-refractivity contribution in [1.29, 1.82) is 0 Å². The van der Waals surface area contributed by atoms with Gasteiger partial charge in [0.05, 0.1) is 12.0 Å². The molecule has 7 heteroatoms. The maximum atomic E-state index is 12.2. The van der Waals surface area contributed by atoms with E-state index in [0.717, 1.165) is 5.56 Å². The summed E-state index contributed by atoms with van der Waals surface area (Å²) in [6, 6.07) is 13.4. The number of benzene rings is 2. The van der Waals surface area contributed by atoms with Crippen molar-refractivity contribution in [2.24, 2.45) is 0 Å². The highest BCUT2D eigenvalue weighted by molar-refractivity contribution is 5.97. The van der Waals surface area contributed by atoms with Gasteiger partial charge >= 0.3 is 5.97 Å². The Morgan fingerprint density at radius 3 is 2.32 bits per heavy atom. The zero-order valence-corrected chi connectivity index (χ0v) is 13.4. The second-order valence-electron chi connectivity index (χ2n) is 5.05.